The Morgan fingerprint density at radius 1 is 1.03 bits per heavy atom. The fourth-order valence-corrected chi connectivity index (χ4v) is 5.06. The van der Waals surface area contributed by atoms with E-state index in [1.807, 2.05) is 48.5 Å². The van der Waals surface area contributed by atoms with Crippen LogP contribution in [-0.2, 0) is 25.7 Å². The highest BCUT2D eigenvalue weighted by Gasteiger charge is 2.49. The maximum absolute atomic E-state index is 13.3. The Labute approximate surface area is 222 Å². The van der Waals surface area contributed by atoms with Crippen LogP contribution in [0.3, 0.4) is 0 Å². The highest BCUT2D eigenvalue weighted by Crippen LogP contribution is 2.44. The third kappa shape index (κ3) is 4.83. The molecule has 8 heteroatoms. The number of cyclic esters (lactones) is 2. The minimum Gasteiger partial charge on any atom is -0.489 e. The molecule has 7 nitrogen and oxygen atoms in total. The standard InChI is InChI=1S/C29H23BrN2O5/c1-29(2)36-27(33)26(28(34)37-29)25(22-15-32-23-10-6-5-9-20(22)23)21-13-19(30)11-12-24(21)35-16-18-8-4-3-7-17(18)14-31/h3-13,15,25-26,32H,16H2,1-2H3/t25-/m0/s1. The van der Waals surface area contributed by atoms with Gasteiger partial charge in [0.25, 0.3) is 5.79 Å². The Morgan fingerprint density at radius 3 is 2.49 bits per heavy atom. The van der Waals surface area contributed by atoms with Crippen LogP contribution in [0.2, 0.25) is 0 Å². The average molecular weight is 559 g/mol. The summed E-state index contributed by atoms with van der Waals surface area (Å²) in [6.07, 6.45) is 1.80. The van der Waals surface area contributed by atoms with Gasteiger partial charge in [-0.05, 0) is 35.9 Å². The van der Waals surface area contributed by atoms with Crippen molar-refractivity contribution in [2.45, 2.75) is 32.2 Å². The molecule has 5 rings (SSSR count). The van der Waals surface area contributed by atoms with Gasteiger partial charge < -0.3 is 19.2 Å². The van der Waals surface area contributed by atoms with Crippen molar-refractivity contribution in [1.29, 1.82) is 5.26 Å². The van der Waals surface area contributed by atoms with Crippen LogP contribution in [0.5, 0.6) is 5.75 Å². The number of hydrogen-bond acceptors (Lipinski definition) is 6. The molecule has 1 saturated heterocycles. The SMILES string of the molecule is CC1(C)OC(=O)C([C@@H](c2cc(Br)ccc2OCc2ccccc2C#N)c2c[nH]c3ccccc23)C(=O)O1. The van der Waals surface area contributed by atoms with Crippen LogP contribution in [0.1, 0.15) is 42.0 Å². The first-order valence-electron chi connectivity index (χ1n) is 11.7. The molecule has 1 aliphatic heterocycles. The summed E-state index contributed by atoms with van der Waals surface area (Å²) >= 11 is 3.53. The summed E-state index contributed by atoms with van der Waals surface area (Å²) in [6.45, 7) is 3.19. The lowest BCUT2D eigenvalue weighted by atomic mass is 9.79. The summed E-state index contributed by atoms with van der Waals surface area (Å²) in [5.41, 5.74) is 3.43. The summed E-state index contributed by atoms with van der Waals surface area (Å²) in [6, 6.07) is 22.5. The number of hydrogen-bond donors (Lipinski definition) is 1. The molecule has 186 valence electrons. The van der Waals surface area contributed by atoms with Crippen molar-refractivity contribution in [2.24, 2.45) is 5.92 Å². The molecule has 0 saturated carbocycles. The molecule has 4 aromatic rings. The number of nitriles is 1. The van der Waals surface area contributed by atoms with Gasteiger partial charge in [-0.2, -0.15) is 5.26 Å². The fourth-order valence-electron chi connectivity index (χ4n) is 4.68. The van der Waals surface area contributed by atoms with Crippen molar-refractivity contribution in [2.75, 3.05) is 0 Å². The number of ether oxygens (including phenoxy) is 3. The molecule has 37 heavy (non-hydrogen) atoms. The second kappa shape index (κ2) is 9.75. The van der Waals surface area contributed by atoms with Crippen molar-refractivity contribution in [3.05, 3.63) is 99.7 Å². The monoisotopic (exact) mass is 558 g/mol. The zero-order valence-corrected chi connectivity index (χ0v) is 21.7. The Hall–Kier alpha value is -4.09. The van der Waals surface area contributed by atoms with Gasteiger partial charge in [0.15, 0.2) is 5.92 Å². The zero-order valence-electron chi connectivity index (χ0n) is 20.2. The van der Waals surface area contributed by atoms with Crippen molar-refractivity contribution in [1.82, 2.24) is 4.98 Å². The van der Waals surface area contributed by atoms with E-state index < -0.39 is 29.6 Å². The molecular formula is C29H23BrN2O5. The molecule has 0 unspecified atom stereocenters. The van der Waals surface area contributed by atoms with E-state index in [-0.39, 0.29) is 6.61 Å². The van der Waals surface area contributed by atoms with Crippen LogP contribution in [-0.4, -0.2) is 22.7 Å². The number of benzene rings is 3. The number of rotatable bonds is 6. The molecule has 0 bridgehead atoms. The lowest BCUT2D eigenvalue weighted by Crippen LogP contribution is -2.48. The number of aromatic nitrogens is 1. The number of para-hydroxylation sites is 1. The fraction of sp³-hybridized carbons (Fsp3) is 0.207. The van der Waals surface area contributed by atoms with Gasteiger partial charge in [0, 0.05) is 52.5 Å². The predicted molar refractivity (Wildman–Crippen MR) is 140 cm³/mol. The van der Waals surface area contributed by atoms with Crippen LogP contribution < -0.4 is 4.74 Å². The summed E-state index contributed by atoms with van der Waals surface area (Å²) in [7, 11) is 0. The van der Waals surface area contributed by atoms with Gasteiger partial charge >= 0.3 is 11.9 Å². The van der Waals surface area contributed by atoms with Crippen LogP contribution in [0, 0.1) is 17.2 Å². The molecule has 0 amide bonds. The average Bonchev–Trinajstić information content (AvgIpc) is 3.29. The van der Waals surface area contributed by atoms with E-state index >= 15 is 0 Å². The molecule has 3 aromatic carbocycles. The molecule has 1 N–H and O–H groups in total. The van der Waals surface area contributed by atoms with E-state index in [1.165, 1.54) is 13.8 Å². The molecule has 1 atom stereocenters. The first kappa shape index (κ1) is 24.6. The second-order valence-electron chi connectivity index (χ2n) is 9.23. The Morgan fingerprint density at radius 2 is 1.73 bits per heavy atom. The third-order valence-corrected chi connectivity index (χ3v) is 6.81. The predicted octanol–water partition coefficient (Wildman–Crippen LogP) is 5.97. The van der Waals surface area contributed by atoms with Crippen molar-refractivity contribution >= 4 is 38.8 Å². The van der Waals surface area contributed by atoms with Gasteiger partial charge in [0.1, 0.15) is 12.4 Å². The summed E-state index contributed by atoms with van der Waals surface area (Å²) < 4.78 is 18.0. The Bertz CT molecular complexity index is 1530. The van der Waals surface area contributed by atoms with Crippen molar-refractivity contribution in [3.63, 3.8) is 0 Å². The van der Waals surface area contributed by atoms with Gasteiger partial charge in [-0.3, -0.25) is 9.59 Å². The van der Waals surface area contributed by atoms with E-state index in [1.54, 1.807) is 24.4 Å². The van der Waals surface area contributed by atoms with Crippen LogP contribution in [0.25, 0.3) is 10.9 Å². The molecule has 1 aliphatic rings. The Kier molecular flexibility index (Phi) is 6.48. The van der Waals surface area contributed by atoms with Gasteiger partial charge in [0.05, 0.1) is 11.6 Å². The topological polar surface area (TPSA) is 101 Å². The molecule has 1 aromatic heterocycles. The van der Waals surface area contributed by atoms with E-state index in [4.69, 9.17) is 14.2 Å². The van der Waals surface area contributed by atoms with Crippen molar-refractivity contribution in [3.8, 4) is 11.8 Å². The number of nitrogens with one attached hydrogen (secondary N) is 1. The highest BCUT2D eigenvalue weighted by atomic mass is 79.9. The molecule has 1 fully saturated rings. The van der Waals surface area contributed by atoms with Crippen LogP contribution in [0.15, 0.2) is 77.4 Å². The largest absolute Gasteiger partial charge is 0.489 e. The maximum atomic E-state index is 13.3. The number of aromatic amines is 1. The summed E-state index contributed by atoms with van der Waals surface area (Å²) in [5, 5.41) is 10.3. The van der Waals surface area contributed by atoms with Crippen LogP contribution >= 0.6 is 15.9 Å². The highest BCUT2D eigenvalue weighted by molar-refractivity contribution is 9.10. The zero-order chi connectivity index (χ0) is 26.2. The number of esters is 2. The number of H-pyrrole nitrogens is 1. The molecule has 2 heterocycles. The molecule has 0 aliphatic carbocycles. The third-order valence-electron chi connectivity index (χ3n) is 6.32. The first-order valence-corrected chi connectivity index (χ1v) is 12.5. The minimum atomic E-state index is -1.35. The molecular weight excluding hydrogens is 536 g/mol. The van der Waals surface area contributed by atoms with E-state index in [0.29, 0.717) is 16.9 Å². The van der Waals surface area contributed by atoms with E-state index in [9.17, 15) is 14.9 Å². The lowest BCUT2D eigenvalue weighted by Gasteiger charge is -2.36. The van der Waals surface area contributed by atoms with Gasteiger partial charge in [-0.1, -0.05) is 52.3 Å². The molecule has 0 spiro atoms. The summed E-state index contributed by atoms with van der Waals surface area (Å²) in [4.78, 5) is 29.8. The number of nitrogens with zero attached hydrogens (tertiary/aromatic N) is 1. The van der Waals surface area contributed by atoms with E-state index in [0.717, 1.165) is 26.5 Å². The molecule has 0 radical (unpaired) electrons. The smallest absolute Gasteiger partial charge is 0.324 e. The number of halogens is 1. The normalized spacial score (nSPS) is 16.1. The quantitative estimate of drug-likeness (QED) is 0.231. The van der Waals surface area contributed by atoms with Crippen molar-refractivity contribution < 1.29 is 23.8 Å². The van der Waals surface area contributed by atoms with Gasteiger partial charge in [-0.25, -0.2) is 0 Å². The number of carbonyl (C=O) groups excluding carboxylic acids is 2. The summed E-state index contributed by atoms with van der Waals surface area (Å²) in [5.74, 6) is -4.25. The maximum Gasteiger partial charge on any atom is 0.324 e. The minimum absolute atomic E-state index is 0.131. The Balaban J connectivity index is 1.64. The van der Waals surface area contributed by atoms with Gasteiger partial charge in [0.2, 0.25) is 0 Å². The van der Waals surface area contributed by atoms with Gasteiger partial charge in [-0.15, -0.1) is 0 Å². The van der Waals surface area contributed by atoms with E-state index in [2.05, 4.69) is 27.0 Å². The second-order valence-corrected chi connectivity index (χ2v) is 10.1. The number of fused-ring (bicyclic) bond motifs is 1. The number of carbonyl (C=O) groups is 2. The van der Waals surface area contributed by atoms with Crippen LogP contribution in [0.4, 0.5) is 0 Å². The lowest BCUT2D eigenvalue weighted by molar-refractivity contribution is -0.240. The first-order chi connectivity index (χ1) is 17.8.